The topological polar surface area (TPSA) is 89.9 Å². The van der Waals surface area contributed by atoms with E-state index in [1.807, 2.05) is 13.8 Å². The number of carbonyl (C=O) groups is 3. The second-order valence-electron chi connectivity index (χ2n) is 9.81. The van der Waals surface area contributed by atoms with E-state index in [-0.39, 0.29) is 48.3 Å². The van der Waals surface area contributed by atoms with Crippen molar-refractivity contribution in [2.45, 2.75) is 58.7 Å². The maximum Gasteiger partial charge on any atom is 0.303 e. The van der Waals surface area contributed by atoms with E-state index in [0.29, 0.717) is 18.4 Å². The monoisotopic (exact) mass is 386 g/mol. The molecule has 0 radical (unpaired) electrons. The molecular weight excluding hydrogens is 360 g/mol. The van der Waals surface area contributed by atoms with E-state index in [0.717, 1.165) is 12.0 Å². The summed E-state index contributed by atoms with van der Waals surface area (Å²) in [5, 5.41) is 11.2. The van der Waals surface area contributed by atoms with E-state index >= 15 is 0 Å². The molecule has 0 aromatic rings. The number of fused-ring (bicyclic) bond motifs is 3. The molecule has 0 amide bonds. The lowest BCUT2D eigenvalue weighted by Crippen LogP contribution is -2.70. The first-order chi connectivity index (χ1) is 13.1. The number of rotatable bonds is 1. The van der Waals surface area contributed by atoms with Gasteiger partial charge in [-0.2, -0.15) is 0 Å². The first kappa shape index (κ1) is 18.1. The highest BCUT2D eigenvalue weighted by Gasteiger charge is 2.76. The first-order valence-electron chi connectivity index (χ1n) is 10.1. The molecule has 2 heterocycles. The van der Waals surface area contributed by atoms with Crippen molar-refractivity contribution in [3.63, 3.8) is 0 Å². The molecule has 2 aliphatic heterocycles. The van der Waals surface area contributed by atoms with Gasteiger partial charge in [-0.15, -0.1) is 0 Å². The lowest BCUT2D eigenvalue weighted by atomic mass is 9.41. The van der Waals surface area contributed by atoms with Crippen LogP contribution in [0.3, 0.4) is 0 Å². The van der Waals surface area contributed by atoms with E-state index < -0.39 is 28.3 Å². The Morgan fingerprint density at radius 1 is 1.29 bits per heavy atom. The van der Waals surface area contributed by atoms with E-state index in [4.69, 9.17) is 9.47 Å². The van der Waals surface area contributed by atoms with Crippen molar-refractivity contribution in [1.29, 1.82) is 0 Å². The number of esters is 1. The Kier molecular flexibility index (Phi) is 3.33. The normalized spacial score (nSPS) is 45.8. The molecule has 6 heteroatoms. The highest BCUT2D eigenvalue weighted by Crippen LogP contribution is 2.71. The molecule has 2 spiro atoms. The van der Waals surface area contributed by atoms with Crippen LogP contribution in [0.4, 0.5) is 0 Å². The third-order valence-electron chi connectivity index (χ3n) is 8.37. The van der Waals surface area contributed by atoms with Gasteiger partial charge in [-0.1, -0.05) is 20.4 Å². The number of aliphatic hydroxyl groups excluding tert-OH is 1. The van der Waals surface area contributed by atoms with Gasteiger partial charge in [0.15, 0.2) is 5.76 Å². The summed E-state index contributed by atoms with van der Waals surface area (Å²) in [5.74, 6) is -1.44. The molecule has 2 saturated heterocycles. The number of ketones is 2. The van der Waals surface area contributed by atoms with Crippen LogP contribution in [0, 0.1) is 28.1 Å². The molecule has 0 aromatic carbocycles. The van der Waals surface area contributed by atoms with Crippen LogP contribution >= 0.6 is 0 Å². The Hall–Kier alpha value is -1.95. The minimum absolute atomic E-state index is 0.0408. The molecule has 4 bridgehead atoms. The van der Waals surface area contributed by atoms with Gasteiger partial charge in [0.1, 0.15) is 11.9 Å². The maximum absolute atomic E-state index is 13.7. The minimum Gasteiger partial charge on any atom is -0.504 e. The van der Waals surface area contributed by atoms with E-state index in [1.54, 1.807) is 0 Å². The summed E-state index contributed by atoms with van der Waals surface area (Å²) in [4.78, 5) is 39.0. The SMILES string of the molecule is C=C1C2CC[C@H]3C45COC(CC4=O)C(C)(C)C5=C(O)C(=O)C3(C2)[C@@H]1OC(C)=O. The molecule has 6 atom stereocenters. The van der Waals surface area contributed by atoms with Gasteiger partial charge < -0.3 is 14.6 Å². The lowest BCUT2D eigenvalue weighted by Gasteiger charge is -2.63. The molecule has 28 heavy (non-hydrogen) atoms. The first-order valence-corrected chi connectivity index (χ1v) is 10.1. The predicted octanol–water partition coefficient (Wildman–Crippen LogP) is 2.67. The van der Waals surface area contributed by atoms with Gasteiger partial charge in [0.25, 0.3) is 0 Å². The average molecular weight is 386 g/mol. The summed E-state index contributed by atoms with van der Waals surface area (Å²) < 4.78 is 11.7. The number of carbonyl (C=O) groups excluding carboxylic acids is 3. The Bertz CT molecular complexity index is 881. The zero-order chi connectivity index (χ0) is 20.2. The van der Waals surface area contributed by atoms with Crippen LogP contribution in [-0.2, 0) is 23.9 Å². The number of aliphatic hydroxyl groups is 1. The van der Waals surface area contributed by atoms with Gasteiger partial charge in [-0.25, -0.2) is 0 Å². The Balaban J connectivity index is 1.80. The maximum atomic E-state index is 13.7. The van der Waals surface area contributed by atoms with Crippen LogP contribution in [-0.4, -0.2) is 41.5 Å². The molecule has 6 rings (SSSR count). The summed E-state index contributed by atoms with van der Waals surface area (Å²) in [7, 11) is 0. The number of Topliss-reactive ketones (excluding diaryl/α,β-unsaturated/α-hetero) is 2. The fraction of sp³-hybridized carbons (Fsp3) is 0.682. The van der Waals surface area contributed by atoms with Crippen molar-refractivity contribution in [3.05, 3.63) is 23.5 Å². The molecule has 5 fully saturated rings. The number of ether oxygens (including phenoxy) is 2. The van der Waals surface area contributed by atoms with Gasteiger partial charge in [0, 0.05) is 18.8 Å². The van der Waals surface area contributed by atoms with Crippen LogP contribution in [0.25, 0.3) is 0 Å². The fourth-order valence-electron chi connectivity index (χ4n) is 7.28. The van der Waals surface area contributed by atoms with Gasteiger partial charge in [0.2, 0.25) is 5.78 Å². The lowest BCUT2D eigenvalue weighted by molar-refractivity contribution is -0.201. The van der Waals surface area contributed by atoms with Gasteiger partial charge >= 0.3 is 5.97 Å². The van der Waals surface area contributed by atoms with E-state index in [1.165, 1.54) is 6.92 Å². The summed E-state index contributed by atoms with van der Waals surface area (Å²) in [6.45, 7) is 9.53. The van der Waals surface area contributed by atoms with Crippen LogP contribution < -0.4 is 0 Å². The third kappa shape index (κ3) is 1.73. The van der Waals surface area contributed by atoms with Crippen LogP contribution in [0.2, 0.25) is 0 Å². The number of allylic oxidation sites excluding steroid dienone is 1. The van der Waals surface area contributed by atoms with Crippen LogP contribution in [0.5, 0.6) is 0 Å². The van der Waals surface area contributed by atoms with Gasteiger partial charge in [-0.3, -0.25) is 14.4 Å². The molecular formula is C22H26O6. The van der Waals surface area contributed by atoms with Gasteiger partial charge in [0.05, 0.1) is 23.5 Å². The van der Waals surface area contributed by atoms with Crippen molar-refractivity contribution in [2.75, 3.05) is 6.61 Å². The summed E-state index contributed by atoms with van der Waals surface area (Å²) in [6.07, 6.45) is 1.06. The number of hydrogen-bond donors (Lipinski definition) is 1. The molecule has 4 aliphatic carbocycles. The van der Waals surface area contributed by atoms with Gasteiger partial charge in [-0.05, 0) is 42.2 Å². The van der Waals surface area contributed by atoms with Crippen LogP contribution in [0.15, 0.2) is 23.5 Å². The Morgan fingerprint density at radius 2 is 2.00 bits per heavy atom. The smallest absolute Gasteiger partial charge is 0.303 e. The fourth-order valence-corrected chi connectivity index (χ4v) is 7.28. The number of hydrogen-bond acceptors (Lipinski definition) is 6. The molecule has 1 N–H and O–H groups in total. The largest absolute Gasteiger partial charge is 0.504 e. The summed E-state index contributed by atoms with van der Waals surface area (Å²) >= 11 is 0. The Labute approximate surface area is 164 Å². The molecule has 6 nitrogen and oxygen atoms in total. The van der Waals surface area contributed by atoms with Crippen molar-refractivity contribution in [2.24, 2.45) is 28.1 Å². The van der Waals surface area contributed by atoms with E-state index in [2.05, 4.69) is 6.58 Å². The third-order valence-corrected chi connectivity index (χ3v) is 8.37. The standard InChI is InChI=1S/C22H26O6/c1-10-12-5-6-13-21(8-12,19(10)28-11(2)23)18(26)16(25)17-20(3,4)15-7-14(24)22(13,17)9-27-15/h12-13,15,19,25H,1,5-9H2,2-4H3/t12?,13-,15?,19-,21?,22?/m1/s1. The van der Waals surface area contributed by atoms with E-state index in [9.17, 15) is 19.5 Å². The Morgan fingerprint density at radius 3 is 2.64 bits per heavy atom. The second-order valence-corrected chi connectivity index (χ2v) is 9.81. The molecule has 150 valence electrons. The highest BCUT2D eigenvalue weighted by molar-refractivity contribution is 6.06. The van der Waals surface area contributed by atoms with Crippen molar-refractivity contribution >= 4 is 17.5 Å². The average Bonchev–Trinajstić information content (AvgIpc) is 2.82. The zero-order valence-corrected chi connectivity index (χ0v) is 16.5. The molecule has 3 saturated carbocycles. The second kappa shape index (κ2) is 5.15. The zero-order valence-electron chi connectivity index (χ0n) is 16.5. The summed E-state index contributed by atoms with van der Waals surface area (Å²) in [5.41, 5.74) is -1.47. The highest BCUT2D eigenvalue weighted by atomic mass is 16.5. The van der Waals surface area contributed by atoms with Crippen molar-refractivity contribution in [1.82, 2.24) is 0 Å². The molecule has 0 aromatic heterocycles. The van der Waals surface area contributed by atoms with Crippen molar-refractivity contribution in [3.8, 4) is 0 Å². The van der Waals surface area contributed by atoms with Crippen LogP contribution in [0.1, 0.15) is 46.5 Å². The minimum atomic E-state index is -1.13. The summed E-state index contributed by atoms with van der Waals surface area (Å²) in [6, 6.07) is 0. The van der Waals surface area contributed by atoms with Crippen molar-refractivity contribution < 1.29 is 29.0 Å². The predicted molar refractivity (Wildman–Crippen MR) is 98.2 cm³/mol. The molecule has 4 unspecified atom stereocenters. The quantitative estimate of drug-likeness (QED) is 0.550. The molecule has 6 aliphatic rings.